The topological polar surface area (TPSA) is 89.8 Å². The minimum absolute atomic E-state index is 0.138. The van der Waals surface area contributed by atoms with Crippen LogP contribution in [0.2, 0.25) is 0 Å². The average Bonchev–Trinajstić information content (AvgIpc) is 3.15. The van der Waals surface area contributed by atoms with Crippen LogP contribution in [0.25, 0.3) is 0 Å². The number of aliphatic hydroxyl groups is 3. The molecule has 1 amide bonds. The molecule has 0 aliphatic rings. The molecular weight excluding hydrogens is 643 g/mol. The molecular formula is C47H95NO4. The van der Waals surface area contributed by atoms with Gasteiger partial charge in [-0.25, -0.2) is 0 Å². The van der Waals surface area contributed by atoms with Gasteiger partial charge in [-0.05, 0) is 12.8 Å². The molecule has 3 atom stereocenters. The van der Waals surface area contributed by atoms with Crippen molar-refractivity contribution in [1.29, 1.82) is 0 Å². The fraction of sp³-hybridized carbons (Fsp3) is 0.979. The molecule has 0 aromatic rings. The monoisotopic (exact) mass is 738 g/mol. The van der Waals surface area contributed by atoms with E-state index >= 15 is 0 Å². The maximum atomic E-state index is 12.4. The van der Waals surface area contributed by atoms with Crippen LogP contribution in [0, 0.1) is 0 Å². The molecule has 3 unspecified atom stereocenters. The molecule has 0 saturated heterocycles. The second kappa shape index (κ2) is 43.1. The van der Waals surface area contributed by atoms with E-state index in [2.05, 4.69) is 19.2 Å². The molecule has 0 bridgehead atoms. The average molecular weight is 738 g/mol. The van der Waals surface area contributed by atoms with E-state index in [0.29, 0.717) is 12.8 Å². The van der Waals surface area contributed by atoms with Crippen molar-refractivity contribution in [1.82, 2.24) is 5.32 Å². The lowest BCUT2D eigenvalue weighted by atomic mass is 9.99. The Hall–Kier alpha value is -0.650. The fourth-order valence-corrected chi connectivity index (χ4v) is 7.75. The van der Waals surface area contributed by atoms with Gasteiger partial charge in [-0.1, -0.05) is 251 Å². The molecule has 0 heterocycles. The number of hydrogen-bond donors (Lipinski definition) is 4. The van der Waals surface area contributed by atoms with Crippen LogP contribution >= 0.6 is 0 Å². The van der Waals surface area contributed by atoms with Gasteiger partial charge in [-0.15, -0.1) is 0 Å². The highest BCUT2D eigenvalue weighted by Crippen LogP contribution is 2.18. The summed E-state index contributed by atoms with van der Waals surface area (Å²) in [7, 11) is 0. The zero-order chi connectivity index (χ0) is 38.0. The van der Waals surface area contributed by atoms with Gasteiger partial charge in [0.1, 0.15) is 6.10 Å². The minimum Gasteiger partial charge on any atom is -0.394 e. The Bertz CT molecular complexity index is 688. The summed E-state index contributed by atoms with van der Waals surface area (Å²) in [6.07, 6.45) is 49.3. The zero-order valence-electron chi connectivity index (χ0n) is 35.5. The number of carbonyl (C=O) groups excluding carboxylic acids is 1. The third-order valence-corrected chi connectivity index (χ3v) is 11.5. The number of aliphatic hydroxyl groups excluding tert-OH is 3. The van der Waals surface area contributed by atoms with Crippen molar-refractivity contribution in [2.75, 3.05) is 6.61 Å². The number of unbranched alkanes of at least 4 members (excludes halogenated alkanes) is 36. The van der Waals surface area contributed by atoms with Gasteiger partial charge < -0.3 is 20.6 Å². The van der Waals surface area contributed by atoms with Crippen LogP contribution in [0.5, 0.6) is 0 Å². The van der Waals surface area contributed by atoms with Gasteiger partial charge in [0.05, 0.1) is 18.8 Å². The smallest absolute Gasteiger partial charge is 0.220 e. The van der Waals surface area contributed by atoms with Crippen LogP contribution in [0.15, 0.2) is 0 Å². The van der Waals surface area contributed by atoms with Gasteiger partial charge in [0.15, 0.2) is 0 Å². The summed E-state index contributed by atoms with van der Waals surface area (Å²) in [6, 6.07) is -0.803. The Morgan fingerprint density at radius 3 is 0.923 bits per heavy atom. The normalized spacial score (nSPS) is 13.4. The molecule has 0 radical (unpaired) electrons. The van der Waals surface area contributed by atoms with E-state index in [1.54, 1.807) is 0 Å². The lowest BCUT2D eigenvalue weighted by molar-refractivity contribution is -0.124. The molecule has 0 aliphatic heterocycles. The predicted molar refractivity (Wildman–Crippen MR) is 227 cm³/mol. The molecule has 0 aliphatic carbocycles. The third kappa shape index (κ3) is 37.7. The van der Waals surface area contributed by atoms with Crippen molar-refractivity contribution in [3.05, 3.63) is 0 Å². The molecule has 0 spiro atoms. The molecule has 0 fully saturated rings. The number of hydrogen-bond acceptors (Lipinski definition) is 4. The molecule has 312 valence electrons. The Kier molecular flexibility index (Phi) is 42.5. The molecule has 0 aromatic carbocycles. The first-order valence-corrected chi connectivity index (χ1v) is 23.8. The van der Waals surface area contributed by atoms with E-state index in [4.69, 9.17) is 0 Å². The lowest BCUT2D eigenvalue weighted by Crippen LogP contribution is -2.50. The second-order valence-electron chi connectivity index (χ2n) is 16.7. The third-order valence-electron chi connectivity index (χ3n) is 11.5. The summed E-state index contributed by atoms with van der Waals surface area (Å²) in [5.74, 6) is -0.138. The SMILES string of the molecule is CCCCCCCCCCCCCCCCCCCCCCC(O)C(O)C(CO)NC(=O)CCCCCCCCCCCCCCCCCCCC. The lowest BCUT2D eigenvalue weighted by Gasteiger charge is -2.26. The standard InChI is InChI=1S/C47H95NO4/c1-3-5-7-9-11-13-15-17-19-21-23-24-25-27-29-31-33-35-37-39-41-45(50)47(52)44(43-49)48-46(51)42-40-38-36-34-32-30-28-26-22-20-18-16-14-12-10-8-6-4-2/h44-45,47,49-50,52H,3-43H2,1-2H3,(H,48,51). The van der Waals surface area contributed by atoms with Crippen LogP contribution < -0.4 is 5.32 Å². The number of rotatable bonds is 44. The summed E-state index contributed by atoms with van der Waals surface area (Å²) in [4.78, 5) is 12.4. The van der Waals surface area contributed by atoms with Crippen molar-refractivity contribution in [3.63, 3.8) is 0 Å². The molecule has 0 saturated carbocycles. The first-order valence-electron chi connectivity index (χ1n) is 23.8. The summed E-state index contributed by atoms with van der Waals surface area (Å²) >= 11 is 0. The van der Waals surface area contributed by atoms with E-state index in [0.717, 1.165) is 32.1 Å². The first kappa shape index (κ1) is 51.4. The van der Waals surface area contributed by atoms with Crippen LogP contribution in [0.4, 0.5) is 0 Å². The Balaban J connectivity index is 3.55. The molecule has 4 N–H and O–H groups in total. The number of nitrogens with one attached hydrogen (secondary N) is 1. The van der Waals surface area contributed by atoms with E-state index in [1.807, 2.05) is 0 Å². The van der Waals surface area contributed by atoms with Crippen LogP contribution in [0.3, 0.4) is 0 Å². The molecule has 52 heavy (non-hydrogen) atoms. The highest BCUT2D eigenvalue weighted by Gasteiger charge is 2.26. The van der Waals surface area contributed by atoms with Gasteiger partial charge >= 0.3 is 0 Å². The van der Waals surface area contributed by atoms with Gasteiger partial charge in [0, 0.05) is 6.42 Å². The Morgan fingerprint density at radius 2 is 0.654 bits per heavy atom. The number of carbonyl (C=O) groups is 1. The van der Waals surface area contributed by atoms with Gasteiger partial charge in [0.25, 0.3) is 0 Å². The summed E-state index contributed by atoms with van der Waals surface area (Å²) in [5, 5.41) is 33.6. The van der Waals surface area contributed by atoms with E-state index < -0.39 is 18.2 Å². The number of amides is 1. The fourth-order valence-electron chi connectivity index (χ4n) is 7.75. The van der Waals surface area contributed by atoms with Gasteiger partial charge in [-0.2, -0.15) is 0 Å². The maximum absolute atomic E-state index is 12.4. The largest absolute Gasteiger partial charge is 0.394 e. The van der Waals surface area contributed by atoms with Crippen LogP contribution in [-0.2, 0) is 4.79 Å². The van der Waals surface area contributed by atoms with E-state index in [1.165, 1.54) is 212 Å². The summed E-state index contributed by atoms with van der Waals surface area (Å²) < 4.78 is 0. The maximum Gasteiger partial charge on any atom is 0.220 e. The van der Waals surface area contributed by atoms with Crippen molar-refractivity contribution >= 4 is 5.91 Å². The highest BCUT2D eigenvalue weighted by molar-refractivity contribution is 5.76. The van der Waals surface area contributed by atoms with Crippen LogP contribution in [0.1, 0.15) is 271 Å². The molecule has 5 heteroatoms. The van der Waals surface area contributed by atoms with Crippen molar-refractivity contribution < 1.29 is 20.1 Å². The first-order chi connectivity index (χ1) is 25.6. The minimum atomic E-state index is -1.13. The molecule has 0 aromatic heterocycles. The van der Waals surface area contributed by atoms with Crippen molar-refractivity contribution in [2.45, 2.75) is 289 Å². The van der Waals surface area contributed by atoms with Crippen molar-refractivity contribution in [2.24, 2.45) is 0 Å². The van der Waals surface area contributed by atoms with E-state index in [-0.39, 0.29) is 12.5 Å². The highest BCUT2D eigenvalue weighted by atomic mass is 16.3. The second-order valence-corrected chi connectivity index (χ2v) is 16.7. The molecule has 0 rings (SSSR count). The Morgan fingerprint density at radius 1 is 0.404 bits per heavy atom. The van der Waals surface area contributed by atoms with Gasteiger partial charge in [0.2, 0.25) is 5.91 Å². The predicted octanol–water partition coefficient (Wildman–Crippen LogP) is 13.8. The Labute approximate surface area is 326 Å². The quantitative estimate of drug-likeness (QED) is 0.0469. The zero-order valence-corrected chi connectivity index (χ0v) is 35.5. The van der Waals surface area contributed by atoms with Gasteiger partial charge in [-0.3, -0.25) is 4.79 Å². The summed E-state index contributed by atoms with van der Waals surface area (Å²) in [5.41, 5.74) is 0. The van der Waals surface area contributed by atoms with Crippen LogP contribution in [-0.4, -0.2) is 46.1 Å². The molecule has 5 nitrogen and oxygen atoms in total. The summed E-state index contributed by atoms with van der Waals surface area (Å²) in [6.45, 7) is 4.21. The van der Waals surface area contributed by atoms with E-state index in [9.17, 15) is 20.1 Å². The van der Waals surface area contributed by atoms with Crippen molar-refractivity contribution in [3.8, 4) is 0 Å².